The third-order valence-corrected chi connectivity index (χ3v) is 8.10. The second-order valence-corrected chi connectivity index (χ2v) is 10.3. The highest BCUT2D eigenvalue weighted by Gasteiger charge is 2.66. The van der Waals surface area contributed by atoms with E-state index in [0.717, 1.165) is 10.6 Å². The molecule has 2 N–H and O–H groups in total. The van der Waals surface area contributed by atoms with Gasteiger partial charge in [-0.1, -0.05) is 72.3 Å². The first-order chi connectivity index (χ1) is 18.2. The normalized spacial score (nSPS) is 22.6. The summed E-state index contributed by atoms with van der Waals surface area (Å²) in [6.07, 6.45) is 3.93. The van der Waals surface area contributed by atoms with Crippen LogP contribution in [-0.4, -0.2) is 29.0 Å². The van der Waals surface area contributed by atoms with Crippen LogP contribution in [0.5, 0.6) is 11.5 Å². The number of ether oxygens (including phenoxy) is 1. The van der Waals surface area contributed by atoms with Crippen molar-refractivity contribution < 1.29 is 19.4 Å². The first-order valence-corrected chi connectivity index (χ1v) is 12.8. The molecule has 3 atom stereocenters. The number of nitrogens with zero attached hydrogens (tertiary/aromatic N) is 1. The summed E-state index contributed by atoms with van der Waals surface area (Å²) in [5.41, 5.74) is 4.54. The molecule has 194 valence electrons. The van der Waals surface area contributed by atoms with Crippen LogP contribution in [0.25, 0.3) is 0 Å². The second-order valence-electron chi connectivity index (χ2n) is 9.45. The van der Waals surface area contributed by atoms with Crippen LogP contribution in [-0.2, 0) is 15.0 Å². The number of hydrogen-bond acceptors (Lipinski definition) is 5. The molecule has 0 saturated carbocycles. The summed E-state index contributed by atoms with van der Waals surface area (Å²) >= 11 is 12.4. The number of aryl methyl sites for hydroxylation is 1. The van der Waals surface area contributed by atoms with Gasteiger partial charge in [-0.2, -0.15) is 5.01 Å². The van der Waals surface area contributed by atoms with Gasteiger partial charge in [-0.25, -0.2) is 0 Å². The van der Waals surface area contributed by atoms with E-state index >= 15 is 0 Å². The van der Waals surface area contributed by atoms with Crippen molar-refractivity contribution in [1.29, 1.82) is 0 Å². The maximum absolute atomic E-state index is 14.7. The lowest BCUT2D eigenvalue weighted by atomic mass is 9.56. The van der Waals surface area contributed by atoms with Crippen molar-refractivity contribution in [3.05, 3.63) is 112 Å². The van der Waals surface area contributed by atoms with Crippen molar-refractivity contribution in [2.75, 3.05) is 12.5 Å². The van der Waals surface area contributed by atoms with Gasteiger partial charge in [-0.05, 0) is 60.4 Å². The first-order valence-electron chi connectivity index (χ1n) is 12.1. The molecule has 0 spiro atoms. The zero-order valence-corrected chi connectivity index (χ0v) is 22.4. The number of hydrazine groups is 1. The number of aromatic hydroxyl groups is 1. The molecule has 3 unspecified atom stereocenters. The van der Waals surface area contributed by atoms with Gasteiger partial charge in [0.25, 0.3) is 11.8 Å². The first kappa shape index (κ1) is 25.9. The van der Waals surface area contributed by atoms with Gasteiger partial charge in [-0.15, -0.1) is 0 Å². The van der Waals surface area contributed by atoms with Gasteiger partial charge in [0.2, 0.25) is 0 Å². The Labute approximate surface area is 231 Å². The molecule has 1 fully saturated rings. The maximum Gasteiger partial charge on any atom is 0.260 e. The van der Waals surface area contributed by atoms with Crippen molar-refractivity contribution in [3.63, 3.8) is 0 Å². The van der Waals surface area contributed by atoms with Gasteiger partial charge in [0.1, 0.15) is 11.5 Å². The fourth-order valence-electron chi connectivity index (χ4n) is 5.74. The van der Waals surface area contributed by atoms with E-state index in [4.69, 9.17) is 27.9 Å². The van der Waals surface area contributed by atoms with Gasteiger partial charge in [-0.3, -0.25) is 15.0 Å². The number of carbonyl (C=O) groups is 2. The smallest absolute Gasteiger partial charge is 0.260 e. The van der Waals surface area contributed by atoms with E-state index in [1.54, 1.807) is 56.5 Å². The number of para-hydroxylation sites is 1. The number of fused-ring (bicyclic) bond motifs is 1. The molecule has 1 aliphatic heterocycles. The standard InChI is InChI=1S/C30H26Cl2N2O4/c1-4-18-8-14-23-28(36)34(33-25-15-11-20(31)16-24(25)32)29(37)30(23,19-9-12-21(38-3)13-10-19)26(18)22-7-5-6-17(2)27(22)35/h4-13,15-16,23,26,33,35H,1,14H2,2-3H3. The number of halogens is 2. The van der Waals surface area contributed by atoms with E-state index in [0.29, 0.717) is 39.6 Å². The summed E-state index contributed by atoms with van der Waals surface area (Å²) in [6, 6.07) is 17.4. The van der Waals surface area contributed by atoms with Gasteiger partial charge in [0.05, 0.1) is 29.2 Å². The Morgan fingerprint density at radius 3 is 2.53 bits per heavy atom. The zero-order chi connectivity index (χ0) is 27.2. The van der Waals surface area contributed by atoms with Gasteiger partial charge in [0.15, 0.2) is 0 Å². The van der Waals surface area contributed by atoms with Crippen molar-refractivity contribution in [2.45, 2.75) is 24.7 Å². The fourth-order valence-corrected chi connectivity index (χ4v) is 6.19. The fraction of sp³-hybridized carbons (Fsp3) is 0.200. The van der Waals surface area contributed by atoms with E-state index in [9.17, 15) is 14.7 Å². The summed E-state index contributed by atoms with van der Waals surface area (Å²) in [5, 5.41) is 12.9. The lowest BCUT2D eigenvalue weighted by Crippen LogP contribution is -2.48. The number of nitrogens with one attached hydrogen (secondary N) is 1. The Kier molecular flexibility index (Phi) is 6.72. The number of phenols is 1. The molecule has 6 nitrogen and oxygen atoms in total. The van der Waals surface area contributed by atoms with E-state index < -0.39 is 29.1 Å². The average molecular weight is 549 g/mol. The Hall–Kier alpha value is -3.74. The molecule has 0 aromatic heterocycles. The zero-order valence-electron chi connectivity index (χ0n) is 20.9. The molecule has 5 rings (SSSR count). The lowest BCUT2D eigenvalue weighted by Gasteiger charge is -2.43. The maximum atomic E-state index is 14.7. The minimum atomic E-state index is -1.38. The number of hydrogen-bond donors (Lipinski definition) is 2. The van der Waals surface area contributed by atoms with Crippen molar-refractivity contribution >= 4 is 40.7 Å². The molecule has 0 radical (unpaired) electrons. The van der Waals surface area contributed by atoms with Crippen LogP contribution < -0.4 is 10.2 Å². The van der Waals surface area contributed by atoms with Crippen LogP contribution in [0.4, 0.5) is 5.69 Å². The van der Waals surface area contributed by atoms with E-state index in [-0.39, 0.29) is 10.8 Å². The third kappa shape index (κ3) is 3.87. The van der Waals surface area contributed by atoms with Crippen LogP contribution in [0.1, 0.15) is 29.0 Å². The number of benzene rings is 3. The Morgan fingerprint density at radius 2 is 1.87 bits per heavy atom. The predicted molar refractivity (Wildman–Crippen MR) is 149 cm³/mol. The van der Waals surface area contributed by atoms with Crippen molar-refractivity contribution in [3.8, 4) is 11.5 Å². The minimum absolute atomic E-state index is 0.0752. The van der Waals surface area contributed by atoms with Gasteiger partial charge in [0, 0.05) is 16.5 Å². The highest BCUT2D eigenvalue weighted by atomic mass is 35.5. The SMILES string of the molecule is C=CC1=CCC2C(=O)N(Nc3ccc(Cl)cc3Cl)C(=O)C2(c2ccc(OC)cc2)C1c1cccc(C)c1O. The molecule has 1 saturated heterocycles. The number of amides is 2. The summed E-state index contributed by atoms with van der Waals surface area (Å²) in [4.78, 5) is 28.6. The Balaban J connectivity index is 1.76. The van der Waals surface area contributed by atoms with E-state index in [1.165, 1.54) is 6.07 Å². The predicted octanol–water partition coefficient (Wildman–Crippen LogP) is 6.57. The largest absolute Gasteiger partial charge is 0.507 e. The number of carbonyl (C=O) groups excluding carboxylic acids is 2. The van der Waals surface area contributed by atoms with E-state index in [1.807, 2.05) is 24.3 Å². The number of methoxy groups -OCH3 is 1. The van der Waals surface area contributed by atoms with E-state index in [2.05, 4.69) is 12.0 Å². The summed E-state index contributed by atoms with van der Waals surface area (Å²) in [7, 11) is 1.56. The lowest BCUT2D eigenvalue weighted by molar-refractivity contribution is -0.138. The molecule has 0 bridgehead atoms. The second kappa shape index (κ2) is 9.86. The number of phenolic OH excluding ortho intramolecular Hbond substituents is 1. The van der Waals surface area contributed by atoms with Gasteiger partial charge < -0.3 is 9.84 Å². The number of rotatable bonds is 6. The molecule has 38 heavy (non-hydrogen) atoms. The topological polar surface area (TPSA) is 78.9 Å². The van der Waals surface area contributed by atoms with Crippen LogP contribution in [0.2, 0.25) is 10.0 Å². The summed E-state index contributed by atoms with van der Waals surface area (Å²) in [5.74, 6) is -1.60. The highest BCUT2D eigenvalue weighted by molar-refractivity contribution is 6.36. The molecule has 1 heterocycles. The van der Waals surface area contributed by atoms with Crippen molar-refractivity contribution in [2.24, 2.45) is 5.92 Å². The van der Waals surface area contributed by atoms with Crippen LogP contribution in [0.3, 0.4) is 0 Å². The molecule has 2 aliphatic rings. The minimum Gasteiger partial charge on any atom is -0.507 e. The molecule has 8 heteroatoms. The molecule has 1 aliphatic carbocycles. The third-order valence-electron chi connectivity index (χ3n) is 7.55. The van der Waals surface area contributed by atoms with Crippen LogP contribution in [0.15, 0.2) is 85.0 Å². The highest BCUT2D eigenvalue weighted by Crippen LogP contribution is 2.59. The van der Waals surface area contributed by atoms with Crippen LogP contribution >= 0.6 is 23.2 Å². The summed E-state index contributed by atoms with van der Waals surface area (Å²) in [6.45, 7) is 5.80. The Morgan fingerprint density at radius 1 is 1.13 bits per heavy atom. The monoisotopic (exact) mass is 548 g/mol. The quantitative estimate of drug-likeness (QED) is 0.341. The molecular formula is C30H26Cl2N2O4. The molecular weight excluding hydrogens is 523 g/mol. The molecule has 2 amide bonds. The van der Waals surface area contributed by atoms with Crippen LogP contribution in [0, 0.1) is 12.8 Å². The van der Waals surface area contributed by atoms with Crippen molar-refractivity contribution in [1.82, 2.24) is 5.01 Å². The Bertz CT molecular complexity index is 1480. The number of anilines is 1. The van der Waals surface area contributed by atoms with Gasteiger partial charge >= 0.3 is 0 Å². The summed E-state index contributed by atoms with van der Waals surface area (Å²) < 4.78 is 5.36. The molecule has 3 aromatic rings. The number of imide groups is 1. The average Bonchev–Trinajstić information content (AvgIpc) is 3.13. The number of allylic oxidation sites excluding steroid dienone is 3. The molecule has 3 aromatic carbocycles.